The van der Waals surface area contributed by atoms with E-state index in [4.69, 9.17) is 4.52 Å². The van der Waals surface area contributed by atoms with Crippen LogP contribution in [-0.2, 0) is 19.5 Å². The number of hydrogen-bond acceptors (Lipinski definition) is 5. The van der Waals surface area contributed by atoms with Gasteiger partial charge in [0, 0.05) is 23.7 Å². The highest BCUT2D eigenvalue weighted by molar-refractivity contribution is 7.11. The molecule has 0 bridgehead atoms. The Morgan fingerprint density at radius 1 is 1.44 bits per heavy atom. The number of thiazole rings is 1. The number of rotatable bonds is 5. The van der Waals surface area contributed by atoms with E-state index < -0.39 is 0 Å². The molecule has 16 heavy (non-hydrogen) atoms. The summed E-state index contributed by atoms with van der Waals surface area (Å²) in [5.74, 6) is 0.887. The first-order valence-corrected chi connectivity index (χ1v) is 6.16. The van der Waals surface area contributed by atoms with Crippen molar-refractivity contribution in [2.24, 2.45) is 0 Å². The molecule has 0 radical (unpaired) electrons. The first-order chi connectivity index (χ1) is 7.78. The van der Waals surface area contributed by atoms with Gasteiger partial charge >= 0.3 is 0 Å². The summed E-state index contributed by atoms with van der Waals surface area (Å²) in [4.78, 5) is 5.45. The number of hydrogen-bond donors (Lipinski definition) is 1. The van der Waals surface area contributed by atoms with E-state index in [-0.39, 0.29) is 0 Å². The van der Waals surface area contributed by atoms with Crippen LogP contribution in [0.3, 0.4) is 0 Å². The fourth-order valence-electron chi connectivity index (χ4n) is 1.40. The molecule has 2 aromatic heterocycles. The Morgan fingerprint density at radius 2 is 2.31 bits per heavy atom. The van der Waals surface area contributed by atoms with Crippen LogP contribution in [0.1, 0.15) is 28.3 Å². The molecule has 86 valence electrons. The predicted octanol–water partition coefficient (Wildman–Crippen LogP) is 2.29. The highest BCUT2D eigenvalue weighted by atomic mass is 32.1. The Balaban J connectivity index is 1.79. The zero-order valence-corrected chi connectivity index (χ0v) is 10.3. The summed E-state index contributed by atoms with van der Waals surface area (Å²) in [6, 6.07) is 1.99. The van der Waals surface area contributed by atoms with Gasteiger partial charge in [0.15, 0.2) is 5.76 Å². The molecule has 0 saturated carbocycles. The van der Waals surface area contributed by atoms with Crippen LogP contribution in [0.4, 0.5) is 0 Å². The second kappa shape index (κ2) is 5.23. The van der Waals surface area contributed by atoms with Gasteiger partial charge in [0.2, 0.25) is 0 Å². The lowest BCUT2D eigenvalue weighted by Crippen LogP contribution is -2.11. The predicted molar refractivity (Wildman–Crippen MR) is 63.3 cm³/mol. The van der Waals surface area contributed by atoms with Crippen molar-refractivity contribution in [2.75, 3.05) is 0 Å². The topological polar surface area (TPSA) is 51.0 Å². The van der Waals surface area contributed by atoms with Gasteiger partial charge in [0.25, 0.3) is 0 Å². The molecule has 0 aliphatic carbocycles. The van der Waals surface area contributed by atoms with Crippen LogP contribution in [-0.4, -0.2) is 10.1 Å². The average molecular weight is 237 g/mol. The van der Waals surface area contributed by atoms with E-state index in [1.54, 1.807) is 11.3 Å². The molecule has 0 amide bonds. The molecule has 0 fully saturated rings. The van der Waals surface area contributed by atoms with E-state index in [9.17, 15) is 0 Å². The van der Waals surface area contributed by atoms with E-state index in [0.717, 1.165) is 29.4 Å². The Morgan fingerprint density at radius 3 is 2.94 bits per heavy atom. The van der Waals surface area contributed by atoms with Gasteiger partial charge in [0.1, 0.15) is 0 Å². The summed E-state index contributed by atoms with van der Waals surface area (Å²) in [6.45, 7) is 5.62. The second-order valence-electron chi connectivity index (χ2n) is 3.59. The maximum Gasteiger partial charge on any atom is 0.150 e. The maximum absolute atomic E-state index is 5.17. The van der Waals surface area contributed by atoms with Crippen molar-refractivity contribution in [3.8, 4) is 0 Å². The lowest BCUT2D eigenvalue weighted by atomic mass is 10.3. The van der Waals surface area contributed by atoms with E-state index in [2.05, 4.69) is 22.4 Å². The SMILES string of the molecule is CCc1cc(CNCc2cnc(C)s2)on1. The molecular formula is C11H15N3OS. The van der Waals surface area contributed by atoms with Gasteiger partial charge in [0.05, 0.1) is 17.2 Å². The first-order valence-electron chi connectivity index (χ1n) is 5.34. The fraction of sp³-hybridized carbons (Fsp3) is 0.455. The van der Waals surface area contributed by atoms with E-state index >= 15 is 0 Å². The van der Waals surface area contributed by atoms with Crippen molar-refractivity contribution in [1.29, 1.82) is 0 Å². The average Bonchev–Trinajstić information content (AvgIpc) is 2.88. The molecule has 0 saturated heterocycles. The molecular weight excluding hydrogens is 222 g/mol. The molecule has 2 rings (SSSR count). The third-order valence-electron chi connectivity index (χ3n) is 2.24. The molecule has 2 aromatic rings. The zero-order chi connectivity index (χ0) is 11.4. The molecule has 4 nitrogen and oxygen atoms in total. The van der Waals surface area contributed by atoms with Crippen molar-refractivity contribution < 1.29 is 4.52 Å². The molecule has 5 heteroatoms. The fourth-order valence-corrected chi connectivity index (χ4v) is 2.17. The smallest absolute Gasteiger partial charge is 0.150 e. The van der Waals surface area contributed by atoms with Crippen molar-refractivity contribution >= 4 is 11.3 Å². The molecule has 0 atom stereocenters. The standard InChI is InChI=1S/C11H15N3OS/c1-3-9-4-10(15-14-9)5-12-6-11-7-13-8(2)16-11/h4,7,12H,3,5-6H2,1-2H3. The van der Waals surface area contributed by atoms with Crippen LogP contribution in [0.5, 0.6) is 0 Å². The summed E-state index contributed by atoms with van der Waals surface area (Å²) in [7, 11) is 0. The molecule has 0 spiro atoms. The highest BCUT2D eigenvalue weighted by Gasteiger charge is 2.02. The Bertz CT molecular complexity index is 450. The van der Waals surface area contributed by atoms with Gasteiger partial charge in [-0.3, -0.25) is 0 Å². The van der Waals surface area contributed by atoms with Gasteiger partial charge in [-0.05, 0) is 13.3 Å². The summed E-state index contributed by atoms with van der Waals surface area (Å²) in [5, 5.41) is 8.35. The van der Waals surface area contributed by atoms with Gasteiger partial charge in [-0.25, -0.2) is 4.98 Å². The third kappa shape index (κ3) is 2.90. The van der Waals surface area contributed by atoms with E-state index in [1.807, 2.05) is 19.2 Å². The van der Waals surface area contributed by atoms with Crippen molar-refractivity contribution in [3.05, 3.63) is 33.6 Å². The lowest BCUT2D eigenvalue weighted by Gasteiger charge is -1.97. The Hall–Kier alpha value is -1.20. The summed E-state index contributed by atoms with van der Waals surface area (Å²) >= 11 is 1.71. The van der Waals surface area contributed by atoms with Gasteiger partial charge < -0.3 is 9.84 Å². The van der Waals surface area contributed by atoms with Crippen LogP contribution < -0.4 is 5.32 Å². The normalized spacial score (nSPS) is 10.9. The second-order valence-corrected chi connectivity index (χ2v) is 4.91. The first kappa shape index (κ1) is 11.3. The van der Waals surface area contributed by atoms with Crippen LogP contribution in [0, 0.1) is 6.92 Å². The largest absolute Gasteiger partial charge is 0.360 e. The summed E-state index contributed by atoms with van der Waals surface area (Å²) in [5.41, 5.74) is 1.01. The summed E-state index contributed by atoms with van der Waals surface area (Å²) in [6.07, 6.45) is 2.82. The van der Waals surface area contributed by atoms with Crippen molar-refractivity contribution in [3.63, 3.8) is 0 Å². The maximum atomic E-state index is 5.17. The number of nitrogens with one attached hydrogen (secondary N) is 1. The molecule has 2 heterocycles. The highest BCUT2D eigenvalue weighted by Crippen LogP contribution is 2.11. The number of aryl methyl sites for hydroxylation is 2. The van der Waals surface area contributed by atoms with E-state index in [1.165, 1.54) is 4.88 Å². The minimum atomic E-state index is 0.712. The quantitative estimate of drug-likeness (QED) is 0.867. The number of nitrogens with zero attached hydrogens (tertiary/aromatic N) is 2. The zero-order valence-electron chi connectivity index (χ0n) is 9.49. The van der Waals surface area contributed by atoms with Gasteiger partial charge in [-0.1, -0.05) is 12.1 Å². The van der Waals surface area contributed by atoms with E-state index in [0.29, 0.717) is 6.54 Å². The minimum Gasteiger partial charge on any atom is -0.360 e. The van der Waals surface area contributed by atoms with Crippen molar-refractivity contribution in [1.82, 2.24) is 15.5 Å². The molecule has 0 unspecified atom stereocenters. The van der Waals surface area contributed by atoms with Crippen LogP contribution in [0.15, 0.2) is 16.8 Å². The van der Waals surface area contributed by atoms with Crippen molar-refractivity contribution in [2.45, 2.75) is 33.4 Å². The number of aromatic nitrogens is 2. The Kier molecular flexibility index (Phi) is 3.69. The van der Waals surface area contributed by atoms with Crippen LogP contribution in [0.25, 0.3) is 0 Å². The van der Waals surface area contributed by atoms with Gasteiger partial charge in [-0.2, -0.15) is 0 Å². The Labute approximate surface area is 98.7 Å². The van der Waals surface area contributed by atoms with Crippen LogP contribution in [0.2, 0.25) is 0 Å². The third-order valence-corrected chi connectivity index (χ3v) is 3.15. The minimum absolute atomic E-state index is 0.712. The van der Waals surface area contributed by atoms with Gasteiger partial charge in [-0.15, -0.1) is 11.3 Å². The molecule has 0 aromatic carbocycles. The molecule has 0 aliphatic heterocycles. The van der Waals surface area contributed by atoms with Crippen LogP contribution >= 0.6 is 11.3 Å². The molecule has 1 N–H and O–H groups in total. The monoisotopic (exact) mass is 237 g/mol. The summed E-state index contributed by atoms with van der Waals surface area (Å²) < 4.78 is 5.17. The lowest BCUT2D eigenvalue weighted by molar-refractivity contribution is 0.368. The molecule has 0 aliphatic rings.